The lowest BCUT2D eigenvalue weighted by Gasteiger charge is -2.11. The molecule has 0 radical (unpaired) electrons. The lowest BCUT2D eigenvalue weighted by molar-refractivity contribution is 1.10. The van der Waals surface area contributed by atoms with Gasteiger partial charge < -0.3 is 0 Å². The van der Waals surface area contributed by atoms with Crippen LogP contribution in [0.4, 0.5) is 0 Å². The van der Waals surface area contributed by atoms with E-state index in [2.05, 4.69) is 42.8 Å². The summed E-state index contributed by atoms with van der Waals surface area (Å²) in [6, 6.07) is 5.62. The number of hydrogen-bond acceptors (Lipinski definition) is 4. The Morgan fingerprint density at radius 1 is 1.13 bits per heavy atom. The molecule has 8 heteroatoms. The summed E-state index contributed by atoms with van der Waals surface area (Å²) < 4.78 is 2.79. The van der Waals surface area contributed by atoms with Gasteiger partial charge in [-0.3, -0.25) is 4.40 Å². The molecule has 0 N–H and O–H groups in total. The van der Waals surface area contributed by atoms with Gasteiger partial charge in [-0.1, -0.05) is 23.2 Å². The minimum Gasteiger partial charge on any atom is -0.262 e. The maximum absolute atomic E-state index is 6.44. The van der Waals surface area contributed by atoms with Crippen LogP contribution in [-0.2, 0) is 0 Å². The molecule has 4 aromatic rings. The molecule has 0 unspecified atom stereocenters. The normalized spacial score (nSPS) is 11.5. The summed E-state index contributed by atoms with van der Waals surface area (Å²) in [5.74, 6) is 0. The van der Waals surface area contributed by atoms with Gasteiger partial charge in [0.15, 0.2) is 11.3 Å². The van der Waals surface area contributed by atoms with E-state index in [0.29, 0.717) is 26.9 Å². The number of hydrogen-bond donors (Lipinski definition) is 0. The number of aryl methyl sites for hydroxylation is 1. The second-order valence-electron chi connectivity index (χ2n) is 5.00. The van der Waals surface area contributed by atoms with E-state index in [0.717, 1.165) is 20.4 Å². The van der Waals surface area contributed by atoms with E-state index in [1.165, 1.54) is 0 Å². The van der Waals surface area contributed by atoms with Gasteiger partial charge in [0.05, 0.1) is 15.7 Å². The smallest absolute Gasteiger partial charge is 0.183 e. The second kappa shape index (κ2) is 5.54. The van der Waals surface area contributed by atoms with E-state index in [4.69, 9.17) is 23.2 Å². The number of pyridine rings is 1. The highest BCUT2D eigenvalue weighted by Crippen LogP contribution is 2.38. The van der Waals surface area contributed by atoms with Crippen LogP contribution in [0.3, 0.4) is 0 Å². The van der Waals surface area contributed by atoms with Crippen molar-refractivity contribution in [3.05, 3.63) is 50.0 Å². The Bertz CT molecular complexity index is 1050. The number of nitrogens with zero attached hydrogens (tertiary/aromatic N) is 5. The van der Waals surface area contributed by atoms with Crippen LogP contribution >= 0.6 is 45.8 Å². The molecule has 0 amide bonds. The first kappa shape index (κ1) is 15.0. The number of benzene rings is 1. The fourth-order valence-electron chi connectivity index (χ4n) is 2.59. The van der Waals surface area contributed by atoms with Crippen molar-refractivity contribution >= 4 is 62.6 Å². The molecule has 1 aromatic carbocycles. The van der Waals surface area contributed by atoms with Gasteiger partial charge >= 0.3 is 0 Å². The number of aromatic nitrogens is 5. The zero-order valence-corrected chi connectivity index (χ0v) is 15.4. The highest BCUT2D eigenvalue weighted by Gasteiger charge is 2.17. The van der Waals surface area contributed by atoms with E-state index in [9.17, 15) is 0 Å². The first-order valence-electron chi connectivity index (χ1n) is 6.66. The quantitative estimate of drug-likeness (QED) is 0.395. The molecule has 23 heavy (non-hydrogen) atoms. The highest BCUT2D eigenvalue weighted by molar-refractivity contribution is 14.1. The molecule has 0 spiro atoms. The Balaban J connectivity index is 2.15. The molecule has 3 aromatic heterocycles. The SMILES string of the molecule is Cc1nc2c(-c3c(Cl)cc(I)cc3Cl)ccnc2n2cnnc12. The third-order valence-electron chi connectivity index (χ3n) is 3.56. The number of halogens is 3. The van der Waals surface area contributed by atoms with E-state index in [1.54, 1.807) is 12.5 Å². The molecule has 4 rings (SSSR count). The second-order valence-corrected chi connectivity index (χ2v) is 7.06. The Kier molecular flexibility index (Phi) is 3.62. The van der Waals surface area contributed by atoms with E-state index < -0.39 is 0 Å². The third-order valence-corrected chi connectivity index (χ3v) is 4.78. The van der Waals surface area contributed by atoms with Crippen LogP contribution in [0.25, 0.3) is 27.9 Å². The van der Waals surface area contributed by atoms with Crippen molar-refractivity contribution in [2.24, 2.45) is 0 Å². The Hall–Kier alpha value is -1.51. The molecular weight excluding hydrogens is 448 g/mol. The van der Waals surface area contributed by atoms with E-state index in [1.807, 2.05) is 29.5 Å². The summed E-state index contributed by atoms with van der Waals surface area (Å²) in [6.07, 6.45) is 3.33. The minimum atomic E-state index is 0.581. The molecular formula is C15H8Cl2IN5. The molecule has 0 aliphatic rings. The van der Waals surface area contributed by atoms with Crippen LogP contribution in [-0.4, -0.2) is 24.6 Å². The van der Waals surface area contributed by atoms with Crippen LogP contribution in [0.2, 0.25) is 10.0 Å². The molecule has 5 nitrogen and oxygen atoms in total. The zero-order chi connectivity index (χ0) is 16.1. The maximum atomic E-state index is 6.44. The molecule has 3 heterocycles. The molecule has 0 fully saturated rings. The Morgan fingerprint density at radius 2 is 1.87 bits per heavy atom. The van der Waals surface area contributed by atoms with Crippen LogP contribution in [0, 0.1) is 10.5 Å². The monoisotopic (exact) mass is 455 g/mol. The predicted molar refractivity (Wildman–Crippen MR) is 99.0 cm³/mol. The largest absolute Gasteiger partial charge is 0.262 e. The van der Waals surface area contributed by atoms with Gasteiger partial charge in [0.2, 0.25) is 0 Å². The van der Waals surface area contributed by atoms with Gasteiger partial charge in [0.1, 0.15) is 11.8 Å². The minimum absolute atomic E-state index is 0.581. The topological polar surface area (TPSA) is 56.0 Å². The Morgan fingerprint density at radius 3 is 2.61 bits per heavy atom. The summed E-state index contributed by atoms with van der Waals surface area (Å²) >= 11 is 15.1. The fraction of sp³-hybridized carbons (Fsp3) is 0.0667. The lowest BCUT2D eigenvalue weighted by Crippen LogP contribution is -1.99. The number of rotatable bonds is 1. The van der Waals surface area contributed by atoms with Crippen molar-refractivity contribution in [1.29, 1.82) is 0 Å². The lowest BCUT2D eigenvalue weighted by atomic mass is 10.1. The van der Waals surface area contributed by atoms with Crippen molar-refractivity contribution in [3.8, 4) is 11.1 Å². The van der Waals surface area contributed by atoms with Crippen molar-refractivity contribution in [3.63, 3.8) is 0 Å². The van der Waals surface area contributed by atoms with Gasteiger partial charge in [-0.2, -0.15) is 0 Å². The summed E-state index contributed by atoms with van der Waals surface area (Å²) in [5, 5.41) is 9.18. The first-order valence-corrected chi connectivity index (χ1v) is 8.49. The van der Waals surface area contributed by atoms with Gasteiger partial charge in [-0.15, -0.1) is 10.2 Å². The standard InChI is InChI=1S/C15H8Cl2IN5/c1-7-14-22-20-6-23(14)15-13(21-7)9(2-3-19-15)12-10(16)4-8(18)5-11(12)17/h2-6H,1H3. The van der Waals surface area contributed by atoms with Crippen LogP contribution < -0.4 is 0 Å². The van der Waals surface area contributed by atoms with Crippen molar-refractivity contribution < 1.29 is 0 Å². The third kappa shape index (κ3) is 2.36. The highest BCUT2D eigenvalue weighted by atomic mass is 127. The van der Waals surface area contributed by atoms with Crippen LogP contribution in [0.5, 0.6) is 0 Å². The molecule has 0 atom stereocenters. The van der Waals surface area contributed by atoms with Crippen molar-refractivity contribution in [2.75, 3.05) is 0 Å². The van der Waals surface area contributed by atoms with E-state index in [-0.39, 0.29) is 0 Å². The summed E-state index contributed by atoms with van der Waals surface area (Å²) in [4.78, 5) is 9.07. The molecule has 0 aliphatic heterocycles. The molecule has 0 bridgehead atoms. The average molecular weight is 456 g/mol. The average Bonchev–Trinajstić information content (AvgIpc) is 2.97. The fourth-order valence-corrected chi connectivity index (χ4v) is 4.27. The van der Waals surface area contributed by atoms with E-state index >= 15 is 0 Å². The van der Waals surface area contributed by atoms with Crippen molar-refractivity contribution in [2.45, 2.75) is 6.92 Å². The van der Waals surface area contributed by atoms with Crippen LogP contribution in [0.1, 0.15) is 5.69 Å². The van der Waals surface area contributed by atoms with Crippen molar-refractivity contribution in [1.82, 2.24) is 24.6 Å². The maximum Gasteiger partial charge on any atom is 0.183 e. The Labute approximate surface area is 154 Å². The predicted octanol–water partition coefficient (Wildman–Crippen LogP) is 4.56. The van der Waals surface area contributed by atoms with Gasteiger partial charge in [-0.05, 0) is 47.7 Å². The van der Waals surface area contributed by atoms with Gasteiger partial charge in [-0.25, -0.2) is 9.97 Å². The summed E-state index contributed by atoms with van der Waals surface area (Å²) in [7, 11) is 0. The van der Waals surface area contributed by atoms with Gasteiger partial charge in [0, 0.05) is 20.9 Å². The van der Waals surface area contributed by atoms with Crippen LogP contribution in [0.15, 0.2) is 30.7 Å². The molecule has 0 aliphatic carbocycles. The summed E-state index contributed by atoms with van der Waals surface area (Å²) in [5.41, 5.74) is 4.41. The molecule has 0 saturated carbocycles. The zero-order valence-electron chi connectivity index (χ0n) is 11.8. The molecule has 0 saturated heterocycles. The first-order chi connectivity index (χ1) is 11.1. The molecule has 114 valence electrons. The summed E-state index contributed by atoms with van der Waals surface area (Å²) in [6.45, 7) is 1.89. The van der Waals surface area contributed by atoms with Gasteiger partial charge in [0.25, 0.3) is 0 Å². The number of fused-ring (bicyclic) bond motifs is 3.